The molecule has 76 heavy (non-hydrogen) atoms. The van der Waals surface area contributed by atoms with Crippen LogP contribution >= 0.6 is 11.3 Å². The Labute approximate surface area is 450 Å². The second kappa shape index (κ2) is 32.7. The lowest BCUT2D eigenvalue weighted by Gasteiger charge is -2.36. The zero-order valence-corrected chi connectivity index (χ0v) is 45.9. The van der Waals surface area contributed by atoms with E-state index in [4.69, 9.17) is 37.9 Å². The number of thiazole rings is 1. The summed E-state index contributed by atoms with van der Waals surface area (Å²) in [7, 11) is 3.15. The van der Waals surface area contributed by atoms with E-state index in [1.54, 1.807) is 39.6 Å². The Bertz CT molecular complexity index is 2250. The maximum atomic E-state index is 14.5. The van der Waals surface area contributed by atoms with E-state index >= 15 is 0 Å². The smallest absolute Gasteiger partial charge is 0.410 e. The number of rotatable bonds is 31. The van der Waals surface area contributed by atoms with Gasteiger partial charge in [0.15, 0.2) is 5.13 Å². The number of carbonyl (C=O) groups is 6. The van der Waals surface area contributed by atoms with Crippen molar-refractivity contribution < 1.29 is 66.7 Å². The Kier molecular flexibility index (Phi) is 26.3. The maximum Gasteiger partial charge on any atom is 0.410 e. The highest BCUT2D eigenvalue weighted by molar-refractivity contribution is 7.20. The van der Waals surface area contributed by atoms with Gasteiger partial charge in [-0.25, -0.2) is 14.6 Å². The minimum absolute atomic E-state index is 0.130. The molecule has 2 aliphatic rings. The Morgan fingerprint density at radius 3 is 1.87 bits per heavy atom. The first-order valence-corrected chi connectivity index (χ1v) is 27.0. The van der Waals surface area contributed by atoms with Crippen molar-refractivity contribution in [2.75, 3.05) is 117 Å². The number of nitrogens with zero attached hydrogens (tertiary/aromatic N) is 4. The van der Waals surface area contributed by atoms with Crippen LogP contribution in [0.15, 0.2) is 60.7 Å². The van der Waals surface area contributed by atoms with E-state index in [2.05, 4.69) is 20.9 Å². The van der Waals surface area contributed by atoms with Crippen LogP contribution in [-0.4, -0.2) is 186 Å². The standard InChI is InChI=1S/C54H79N7O14S/c1-39(60(6)53(67)75-54(2,3)4)47(63)56-46(42-21-14-9-15-22-42)50(65)61-24-16-23-43(61)48(64)58-49-45(41-19-12-8-13-20-41)57-51(76-49)55-44(62)38-73-36-35-72-34-33-71-32-31-70-30-29-69-28-27-68-26-25-59(5)52(66)74-37-40-17-10-7-11-18-40/h7-8,10-13,17-20,39,42-43,46H,9,14-16,21-38H2,1-6H3,(H,56,63)(H,58,64)(H,55,57,62)/t39-,43-,46-/m0/s1. The van der Waals surface area contributed by atoms with E-state index < -0.39 is 53.6 Å². The molecule has 21 nitrogen and oxygen atoms in total. The number of amides is 6. The van der Waals surface area contributed by atoms with E-state index in [1.165, 1.54) is 16.8 Å². The maximum absolute atomic E-state index is 14.5. The van der Waals surface area contributed by atoms with Crippen molar-refractivity contribution >= 4 is 57.3 Å². The number of aromatic nitrogens is 1. The quantitative estimate of drug-likeness (QED) is 0.0594. The molecule has 0 unspecified atom stereocenters. The lowest BCUT2D eigenvalue weighted by molar-refractivity contribution is -0.142. The monoisotopic (exact) mass is 1080 g/mol. The van der Waals surface area contributed by atoms with Crippen LogP contribution in [-0.2, 0) is 63.7 Å². The molecule has 2 aromatic carbocycles. The topological polar surface area (TPSA) is 235 Å². The number of anilines is 2. The molecule has 0 spiro atoms. The van der Waals surface area contributed by atoms with Crippen molar-refractivity contribution in [1.29, 1.82) is 0 Å². The average Bonchev–Trinajstić information content (AvgIpc) is 4.07. The molecule has 0 bridgehead atoms. The van der Waals surface area contributed by atoms with Crippen LogP contribution in [0.2, 0.25) is 0 Å². The van der Waals surface area contributed by atoms with Crippen molar-refractivity contribution in [3.05, 3.63) is 66.2 Å². The lowest BCUT2D eigenvalue weighted by atomic mass is 9.83. The normalized spacial score (nSPS) is 15.6. The highest BCUT2D eigenvalue weighted by Crippen LogP contribution is 2.37. The van der Waals surface area contributed by atoms with Crippen molar-refractivity contribution in [3.63, 3.8) is 0 Å². The third-order valence-corrected chi connectivity index (χ3v) is 13.4. The summed E-state index contributed by atoms with van der Waals surface area (Å²) in [5, 5.41) is 9.41. The third-order valence-electron chi connectivity index (χ3n) is 12.5. The summed E-state index contributed by atoms with van der Waals surface area (Å²) in [6, 6.07) is 16.1. The Hall–Kier alpha value is -5.75. The Balaban J connectivity index is 0.962. The van der Waals surface area contributed by atoms with Gasteiger partial charge in [0.1, 0.15) is 47.6 Å². The number of carbonyl (C=O) groups excluding carboxylic acids is 6. The summed E-state index contributed by atoms with van der Waals surface area (Å²) in [5.41, 5.74) is 1.34. The summed E-state index contributed by atoms with van der Waals surface area (Å²) in [6.07, 6.45) is 4.32. The van der Waals surface area contributed by atoms with Gasteiger partial charge < -0.3 is 58.3 Å². The number of hydrogen-bond acceptors (Lipinski definition) is 16. The zero-order chi connectivity index (χ0) is 54.7. The van der Waals surface area contributed by atoms with Gasteiger partial charge >= 0.3 is 12.2 Å². The number of benzene rings is 2. The number of likely N-dealkylation sites (tertiary alicyclic amines) is 1. The lowest BCUT2D eigenvalue weighted by Crippen LogP contribution is -2.58. The predicted octanol–water partition coefficient (Wildman–Crippen LogP) is 6.37. The fraction of sp³-hybridized carbons (Fsp3) is 0.611. The van der Waals surface area contributed by atoms with E-state index in [0.717, 1.165) is 49.0 Å². The Morgan fingerprint density at radius 2 is 1.28 bits per heavy atom. The fourth-order valence-corrected chi connectivity index (χ4v) is 9.17. The van der Waals surface area contributed by atoms with E-state index in [9.17, 15) is 28.8 Å². The van der Waals surface area contributed by atoms with Crippen molar-refractivity contribution in [2.24, 2.45) is 5.92 Å². The average molecular weight is 1080 g/mol. The highest BCUT2D eigenvalue weighted by Gasteiger charge is 2.42. The van der Waals surface area contributed by atoms with Gasteiger partial charge in [0.05, 0.1) is 72.7 Å². The van der Waals surface area contributed by atoms with Crippen LogP contribution in [0.3, 0.4) is 0 Å². The van der Waals surface area contributed by atoms with Crippen LogP contribution in [0.1, 0.15) is 78.2 Å². The summed E-state index contributed by atoms with van der Waals surface area (Å²) in [5.74, 6) is -1.79. The molecule has 1 saturated heterocycles. The van der Waals surface area contributed by atoms with Crippen molar-refractivity contribution in [3.8, 4) is 11.3 Å². The molecule has 1 saturated carbocycles. The molecule has 1 aliphatic carbocycles. The van der Waals surface area contributed by atoms with Gasteiger partial charge in [-0.15, -0.1) is 0 Å². The van der Waals surface area contributed by atoms with Gasteiger partial charge in [0.25, 0.3) is 5.91 Å². The summed E-state index contributed by atoms with van der Waals surface area (Å²) in [4.78, 5) is 89.2. The summed E-state index contributed by atoms with van der Waals surface area (Å²) in [6.45, 7) is 11.4. The SMILES string of the molecule is C[C@@H](C(=O)N[C@H](C(=O)N1CCC[C@H]1C(=O)Nc1sc(NC(=O)COCCOCCOCCOCCOCCOCCN(C)C(=O)OCc2ccccc2)nc1-c1ccccc1)C1CCCCC1)N(C)C(=O)OC(C)(C)C. The number of likely N-dealkylation sites (N-methyl/N-ethyl adjacent to an activating group) is 2. The molecule has 2 fully saturated rings. The van der Waals surface area contributed by atoms with Crippen molar-refractivity contribution in [2.45, 2.75) is 103 Å². The predicted molar refractivity (Wildman–Crippen MR) is 286 cm³/mol. The molecule has 1 aliphatic heterocycles. The molecule has 3 N–H and O–H groups in total. The first-order valence-electron chi connectivity index (χ1n) is 26.2. The van der Waals surface area contributed by atoms with E-state index in [1.807, 2.05) is 60.7 Å². The molecule has 6 amide bonds. The molecule has 420 valence electrons. The number of ether oxygens (including phenoxy) is 8. The summed E-state index contributed by atoms with van der Waals surface area (Å²) < 4.78 is 44.0. The van der Waals surface area contributed by atoms with E-state index in [-0.39, 0.29) is 43.4 Å². The molecular weight excluding hydrogens is 1000 g/mol. The van der Waals surface area contributed by atoms with Gasteiger partial charge in [0.2, 0.25) is 17.7 Å². The van der Waals surface area contributed by atoms with Gasteiger partial charge in [-0.3, -0.25) is 29.4 Å². The van der Waals surface area contributed by atoms with Gasteiger partial charge in [-0.05, 0) is 64.9 Å². The highest BCUT2D eigenvalue weighted by atomic mass is 32.1. The first-order chi connectivity index (χ1) is 36.6. The van der Waals surface area contributed by atoms with Gasteiger partial charge in [0, 0.05) is 32.7 Å². The van der Waals surface area contributed by atoms with Gasteiger partial charge in [-0.1, -0.05) is 91.3 Å². The molecule has 22 heteroatoms. The first kappa shape index (κ1) is 61.1. The molecule has 5 rings (SSSR count). The minimum Gasteiger partial charge on any atom is -0.445 e. The second-order valence-electron chi connectivity index (χ2n) is 19.5. The van der Waals surface area contributed by atoms with Crippen LogP contribution < -0.4 is 16.0 Å². The van der Waals surface area contributed by atoms with Crippen LogP contribution in [0.5, 0.6) is 0 Å². The van der Waals surface area contributed by atoms with Gasteiger partial charge in [-0.2, -0.15) is 0 Å². The van der Waals surface area contributed by atoms with E-state index in [0.29, 0.717) is 102 Å². The van der Waals surface area contributed by atoms with Crippen LogP contribution in [0, 0.1) is 5.92 Å². The fourth-order valence-electron chi connectivity index (χ4n) is 8.26. The van der Waals surface area contributed by atoms with Crippen LogP contribution in [0.25, 0.3) is 11.3 Å². The number of hydrogen-bond donors (Lipinski definition) is 3. The largest absolute Gasteiger partial charge is 0.445 e. The van der Waals surface area contributed by atoms with Crippen molar-refractivity contribution in [1.82, 2.24) is 25.0 Å². The molecule has 3 atom stereocenters. The molecule has 0 radical (unpaired) electrons. The van der Waals surface area contributed by atoms with Crippen LogP contribution in [0.4, 0.5) is 19.7 Å². The zero-order valence-electron chi connectivity index (χ0n) is 45.1. The molecule has 3 aromatic rings. The number of nitrogens with one attached hydrogen (secondary N) is 3. The molecule has 2 heterocycles. The Morgan fingerprint density at radius 1 is 0.711 bits per heavy atom. The third kappa shape index (κ3) is 21.3. The molecular formula is C54H79N7O14S. The molecule has 1 aromatic heterocycles. The summed E-state index contributed by atoms with van der Waals surface area (Å²) >= 11 is 1.09. The second-order valence-corrected chi connectivity index (χ2v) is 20.5. The minimum atomic E-state index is -0.921.